The molecule has 0 bridgehead atoms. The number of rotatable bonds is 5. The first-order valence-electron chi connectivity index (χ1n) is 9.74. The highest BCUT2D eigenvalue weighted by molar-refractivity contribution is 5.95. The SMILES string of the molecule is C[C@@H](NC(=O)c1ccc(-c2nccnc2N2CCCC2)cc1)c1ccccc1. The van der Waals surface area contributed by atoms with Crippen LogP contribution < -0.4 is 10.2 Å². The lowest BCUT2D eigenvalue weighted by Gasteiger charge is -2.19. The Morgan fingerprint density at radius 1 is 0.964 bits per heavy atom. The van der Waals surface area contributed by atoms with Gasteiger partial charge in [0.2, 0.25) is 0 Å². The van der Waals surface area contributed by atoms with E-state index >= 15 is 0 Å². The van der Waals surface area contributed by atoms with Crippen LogP contribution in [0.4, 0.5) is 5.82 Å². The van der Waals surface area contributed by atoms with E-state index in [-0.39, 0.29) is 11.9 Å². The fourth-order valence-electron chi connectivity index (χ4n) is 3.58. The van der Waals surface area contributed by atoms with Gasteiger partial charge in [0.15, 0.2) is 5.82 Å². The van der Waals surface area contributed by atoms with Crippen molar-refractivity contribution in [1.29, 1.82) is 0 Å². The maximum absolute atomic E-state index is 12.6. The molecular weight excluding hydrogens is 348 g/mol. The highest BCUT2D eigenvalue weighted by atomic mass is 16.1. The van der Waals surface area contributed by atoms with Gasteiger partial charge in [0.25, 0.3) is 5.91 Å². The van der Waals surface area contributed by atoms with E-state index in [4.69, 9.17) is 0 Å². The quantitative estimate of drug-likeness (QED) is 0.728. The number of nitrogens with zero attached hydrogens (tertiary/aromatic N) is 3. The third-order valence-corrected chi connectivity index (χ3v) is 5.15. The van der Waals surface area contributed by atoms with Crippen LogP contribution in [0.1, 0.15) is 41.7 Å². The molecule has 0 saturated carbocycles. The lowest BCUT2D eigenvalue weighted by Crippen LogP contribution is -2.26. The number of amides is 1. The van der Waals surface area contributed by atoms with Crippen LogP contribution in [0.15, 0.2) is 67.0 Å². The minimum absolute atomic E-state index is 0.0462. The summed E-state index contributed by atoms with van der Waals surface area (Å²) in [6.07, 6.45) is 5.84. The van der Waals surface area contributed by atoms with Gasteiger partial charge in [0.1, 0.15) is 5.69 Å². The van der Waals surface area contributed by atoms with Crippen molar-refractivity contribution in [3.8, 4) is 11.3 Å². The van der Waals surface area contributed by atoms with Crippen LogP contribution in [-0.2, 0) is 0 Å². The Morgan fingerprint density at radius 3 is 2.36 bits per heavy atom. The lowest BCUT2D eigenvalue weighted by molar-refractivity contribution is 0.0940. The average molecular weight is 372 g/mol. The van der Waals surface area contributed by atoms with E-state index < -0.39 is 0 Å². The second-order valence-electron chi connectivity index (χ2n) is 7.11. The van der Waals surface area contributed by atoms with Crippen molar-refractivity contribution in [3.63, 3.8) is 0 Å². The molecule has 2 aromatic carbocycles. The first-order valence-corrected chi connectivity index (χ1v) is 9.74. The van der Waals surface area contributed by atoms with Crippen LogP contribution in [-0.4, -0.2) is 29.0 Å². The molecule has 1 atom stereocenters. The van der Waals surface area contributed by atoms with Crippen LogP contribution in [0.5, 0.6) is 0 Å². The number of anilines is 1. The van der Waals surface area contributed by atoms with Crippen LogP contribution in [0.3, 0.4) is 0 Å². The van der Waals surface area contributed by atoms with Gasteiger partial charge < -0.3 is 10.2 Å². The second kappa shape index (κ2) is 8.21. The molecular formula is C23H24N4O. The van der Waals surface area contributed by atoms with Gasteiger partial charge >= 0.3 is 0 Å². The molecule has 1 N–H and O–H groups in total. The van der Waals surface area contributed by atoms with Gasteiger partial charge in [-0.25, -0.2) is 4.98 Å². The highest BCUT2D eigenvalue weighted by Crippen LogP contribution is 2.29. The zero-order chi connectivity index (χ0) is 19.3. The van der Waals surface area contributed by atoms with Gasteiger partial charge in [-0.15, -0.1) is 0 Å². The molecule has 142 valence electrons. The molecule has 1 aliphatic rings. The van der Waals surface area contributed by atoms with Crippen molar-refractivity contribution < 1.29 is 4.79 Å². The van der Waals surface area contributed by atoms with Crippen molar-refractivity contribution in [2.24, 2.45) is 0 Å². The lowest BCUT2D eigenvalue weighted by atomic mass is 10.1. The molecule has 0 spiro atoms. The average Bonchev–Trinajstić information content (AvgIpc) is 3.29. The molecule has 2 heterocycles. The fourth-order valence-corrected chi connectivity index (χ4v) is 3.58. The summed E-state index contributed by atoms with van der Waals surface area (Å²) < 4.78 is 0. The minimum atomic E-state index is -0.0817. The Kier molecular flexibility index (Phi) is 5.33. The number of aromatic nitrogens is 2. The summed E-state index contributed by atoms with van der Waals surface area (Å²) in [5.74, 6) is 0.844. The summed E-state index contributed by atoms with van der Waals surface area (Å²) in [5, 5.41) is 3.05. The monoisotopic (exact) mass is 372 g/mol. The predicted molar refractivity (Wildman–Crippen MR) is 111 cm³/mol. The Morgan fingerprint density at radius 2 is 1.64 bits per heavy atom. The summed E-state index contributed by atoms with van der Waals surface area (Å²) in [6.45, 7) is 4.02. The maximum Gasteiger partial charge on any atom is 0.251 e. The fraction of sp³-hybridized carbons (Fsp3) is 0.261. The van der Waals surface area contributed by atoms with Gasteiger partial charge in [-0.1, -0.05) is 42.5 Å². The number of benzene rings is 2. The molecule has 0 aliphatic carbocycles. The van der Waals surface area contributed by atoms with Crippen molar-refractivity contribution in [3.05, 3.63) is 78.1 Å². The van der Waals surface area contributed by atoms with Gasteiger partial charge in [0.05, 0.1) is 6.04 Å². The van der Waals surface area contributed by atoms with E-state index in [1.54, 1.807) is 12.4 Å². The van der Waals surface area contributed by atoms with Crippen molar-refractivity contribution in [1.82, 2.24) is 15.3 Å². The molecule has 1 aliphatic heterocycles. The van der Waals surface area contributed by atoms with Crippen LogP contribution >= 0.6 is 0 Å². The number of carbonyl (C=O) groups excluding carboxylic acids is 1. The van der Waals surface area contributed by atoms with E-state index in [1.165, 1.54) is 12.8 Å². The summed E-state index contributed by atoms with van der Waals surface area (Å²) in [4.78, 5) is 24.0. The molecule has 0 radical (unpaired) electrons. The van der Waals surface area contributed by atoms with Gasteiger partial charge in [-0.2, -0.15) is 0 Å². The Labute approximate surface area is 165 Å². The van der Waals surface area contributed by atoms with Gasteiger partial charge in [0, 0.05) is 36.6 Å². The van der Waals surface area contributed by atoms with E-state index in [2.05, 4.69) is 20.2 Å². The number of hydrogen-bond acceptors (Lipinski definition) is 4. The van der Waals surface area contributed by atoms with Crippen molar-refractivity contribution >= 4 is 11.7 Å². The molecule has 1 saturated heterocycles. The number of nitrogens with one attached hydrogen (secondary N) is 1. The van der Waals surface area contributed by atoms with Crippen LogP contribution in [0.2, 0.25) is 0 Å². The van der Waals surface area contributed by atoms with Crippen LogP contribution in [0, 0.1) is 0 Å². The van der Waals surface area contributed by atoms with E-state index in [0.29, 0.717) is 5.56 Å². The van der Waals surface area contributed by atoms with Gasteiger partial charge in [-0.05, 0) is 37.5 Å². The summed E-state index contributed by atoms with van der Waals surface area (Å²) in [5.41, 5.74) is 3.57. The minimum Gasteiger partial charge on any atom is -0.355 e. The standard InChI is InChI=1S/C23H24N4O/c1-17(18-7-3-2-4-8-18)26-23(28)20-11-9-19(10-12-20)21-22(25-14-13-24-21)27-15-5-6-16-27/h2-4,7-14,17H,5-6,15-16H2,1H3,(H,26,28)/t17-/m1/s1. The summed E-state index contributed by atoms with van der Waals surface area (Å²) >= 11 is 0. The third-order valence-electron chi connectivity index (χ3n) is 5.15. The van der Waals surface area contributed by atoms with Crippen LogP contribution in [0.25, 0.3) is 11.3 Å². The molecule has 1 aromatic heterocycles. The molecule has 5 heteroatoms. The van der Waals surface area contributed by atoms with E-state index in [9.17, 15) is 4.79 Å². The molecule has 1 fully saturated rings. The first kappa shape index (κ1) is 18.2. The normalized spacial score (nSPS) is 14.7. The molecule has 4 rings (SSSR count). The Bertz CT molecular complexity index is 934. The second-order valence-corrected chi connectivity index (χ2v) is 7.11. The zero-order valence-electron chi connectivity index (χ0n) is 16.0. The highest BCUT2D eigenvalue weighted by Gasteiger charge is 2.19. The molecule has 3 aromatic rings. The first-order chi connectivity index (χ1) is 13.7. The molecule has 5 nitrogen and oxygen atoms in total. The van der Waals surface area contributed by atoms with Crippen molar-refractivity contribution in [2.45, 2.75) is 25.8 Å². The van der Waals surface area contributed by atoms with E-state index in [1.807, 2.05) is 61.5 Å². The zero-order valence-corrected chi connectivity index (χ0v) is 16.0. The Balaban J connectivity index is 1.51. The smallest absolute Gasteiger partial charge is 0.251 e. The van der Waals surface area contributed by atoms with Gasteiger partial charge in [-0.3, -0.25) is 9.78 Å². The summed E-state index contributed by atoms with van der Waals surface area (Å²) in [6, 6.07) is 17.5. The summed E-state index contributed by atoms with van der Waals surface area (Å²) in [7, 11) is 0. The Hall–Kier alpha value is -3.21. The number of hydrogen-bond donors (Lipinski definition) is 1. The molecule has 28 heavy (non-hydrogen) atoms. The maximum atomic E-state index is 12.6. The van der Waals surface area contributed by atoms with Crippen molar-refractivity contribution in [2.75, 3.05) is 18.0 Å². The topological polar surface area (TPSA) is 58.1 Å². The van der Waals surface area contributed by atoms with E-state index in [0.717, 1.165) is 35.7 Å². The largest absolute Gasteiger partial charge is 0.355 e. The number of carbonyl (C=O) groups is 1. The third kappa shape index (κ3) is 3.88. The molecule has 0 unspecified atom stereocenters. The predicted octanol–water partition coefficient (Wildman–Crippen LogP) is 4.23. The molecule has 1 amide bonds.